The van der Waals surface area contributed by atoms with Crippen LogP contribution in [-0.4, -0.2) is 11.4 Å². The Balaban J connectivity index is 2.11. The van der Waals surface area contributed by atoms with Gasteiger partial charge in [0.25, 0.3) is 0 Å². The van der Waals surface area contributed by atoms with E-state index in [0.29, 0.717) is 17.1 Å². The van der Waals surface area contributed by atoms with Gasteiger partial charge in [0.1, 0.15) is 12.4 Å². The summed E-state index contributed by atoms with van der Waals surface area (Å²) in [5.74, 6) is 1.15. The number of aryl methyl sites for hydroxylation is 1. The molecule has 0 amide bonds. The van der Waals surface area contributed by atoms with E-state index in [4.69, 9.17) is 9.26 Å². The predicted octanol–water partition coefficient (Wildman–Crippen LogP) is 3.14. The van der Waals surface area contributed by atoms with E-state index < -0.39 is 0 Å². The zero-order valence-electron chi connectivity index (χ0n) is 9.14. The average Bonchev–Trinajstić information content (AvgIpc) is 2.73. The molecule has 5 heteroatoms. The Labute approximate surface area is 107 Å². The average molecular weight is 296 g/mol. The molecule has 0 saturated carbocycles. The Morgan fingerprint density at radius 1 is 1.47 bits per heavy atom. The van der Waals surface area contributed by atoms with Crippen molar-refractivity contribution in [3.8, 4) is 5.75 Å². The molecule has 0 atom stereocenters. The van der Waals surface area contributed by atoms with Gasteiger partial charge in [0.2, 0.25) is 0 Å². The topological polar surface area (TPSA) is 52.3 Å². The summed E-state index contributed by atoms with van der Waals surface area (Å²) >= 11 is 3.29. The third-order valence-electron chi connectivity index (χ3n) is 2.15. The predicted molar refractivity (Wildman–Crippen MR) is 65.1 cm³/mol. The molecular formula is C12H10BrNO3. The summed E-state index contributed by atoms with van der Waals surface area (Å²) < 4.78 is 11.3. The highest BCUT2D eigenvalue weighted by molar-refractivity contribution is 9.10. The number of carbonyl (C=O) groups excluding carboxylic acids is 1. The van der Waals surface area contributed by atoms with Gasteiger partial charge in [-0.25, -0.2) is 0 Å². The standard InChI is InChI=1S/C12H10BrNO3/c1-8-4-11(17-14-8)7-16-12-3-2-10(13)5-9(12)6-15/h2-6H,7H2,1H3. The number of aldehydes is 1. The lowest BCUT2D eigenvalue weighted by Gasteiger charge is -2.06. The van der Waals surface area contributed by atoms with E-state index in [9.17, 15) is 4.79 Å². The van der Waals surface area contributed by atoms with Crippen LogP contribution in [0, 0.1) is 6.92 Å². The normalized spacial score (nSPS) is 10.2. The molecule has 0 N–H and O–H groups in total. The third-order valence-corrected chi connectivity index (χ3v) is 2.64. The molecule has 4 nitrogen and oxygen atoms in total. The first-order valence-electron chi connectivity index (χ1n) is 4.99. The van der Waals surface area contributed by atoms with E-state index in [-0.39, 0.29) is 6.61 Å². The molecule has 0 radical (unpaired) electrons. The van der Waals surface area contributed by atoms with E-state index in [0.717, 1.165) is 16.5 Å². The van der Waals surface area contributed by atoms with Gasteiger partial charge in [0, 0.05) is 10.5 Å². The van der Waals surface area contributed by atoms with E-state index >= 15 is 0 Å². The molecule has 0 unspecified atom stereocenters. The molecule has 0 bridgehead atoms. The van der Waals surface area contributed by atoms with Gasteiger partial charge < -0.3 is 9.26 Å². The molecule has 2 rings (SSSR count). The number of nitrogens with zero attached hydrogens (tertiary/aromatic N) is 1. The SMILES string of the molecule is Cc1cc(COc2ccc(Br)cc2C=O)on1. The minimum atomic E-state index is 0.253. The zero-order valence-corrected chi connectivity index (χ0v) is 10.7. The maximum absolute atomic E-state index is 10.9. The smallest absolute Gasteiger partial charge is 0.174 e. The van der Waals surface area contributed by atoms with Crippen molar-refractivity contribution in [2.45, 2.75) is 13.5 Å². The second-order valence-corrected chi connectivity index (χ2v) is 4.44. The van der Waals surface area contributed by atoms with Gasteiger partial charge in [-0.1, -0.05) is 21.1 Å². The van der Waals surface area contributed by atoms with Crippen LogP contribution in [0.1, 0.15) is 21.8 Å². The lowest BCUT2D eigenvalue weighted by Crippen LogP contribution is -1.97. The quantitative estimate of drug-likeness (QED) is 0.813. The van der Waals surface area contributed by atoms with Crippen LogP contribution in [-0.2, 0) is 6.61 Å². The van der Waals surface area contributed by atoms with Crippen molar-refractivity contribution >= 4 is 22.2 Å². The van der Waals surface area contributed by atoms with Crippen LogP contribution >= 0.6 is 15.9 Å². The molecule has 1 heterocycles. The summed E-state index contributed by atoms with van der Waals surface area (Å²) in [4.78, 5) is 10.9. The van der Waals surface area contributed by atoms with Crippen LogP contribution in [0.25, 0.3) is 0 Å². The maximum Gasteiger partial charge on any atom is 0.174 e. The monoisotopic (exact) mass is 295 g/mol. The first-order valence-corrected chi connectivity index (χ1v) is 5.78. The van der Waals surface area contributed by atoms with Gasteiger partial charge in [-0.15, -0.1) is 0 Å². The lowest BCUT2D eigenvalue weighted by molar-refractivity contribution is 0.111. The molecule has 1 aromatic heterocycles. The maximum atomic E-state index is 10.9. The highest BCUT2D eigenvalue weighted by Gasteiger charge is 2.06. The molecule has 0 aliphatic heterocycles. The van der Waals surface area contributed by atoms with Gasteiger partial charge >= 0.3 is 0 Å². The summed E-state index contributed by atoms with van der Waals surface area (Å²) in [5.41, 5.74) is 1.30. The van der Waals surface area contributed by atoms with Gasteiger partial charge in [0.05, 0.1) is 11.3 Å². The first-order chi connectivity index (χ1) is 8.19. The Morgan fingerprint density at radius 2 is 2.29 bits per heavy atom. The van der Waals surface area contributed by atoms with Crippen LogP contribution in [0.2, 0.25) is 0 Å². The second kappa shape index (κ2) is 5.14. The van der Waals surface area contributed by atoms with Gasteiger partial charge in [-0.05, 0) is 25.1 Å². The van der Waals surface area contributed by atoms with Crippen molar-refractivity contribution in [2.24, 2.45) is 0 Å². The van der Waals surface area contributed by atoms with E-state index in [1.807, 2.05) is 13.0 Å². The molecular weight excluding hydrogens is 286 g/mol. The number of carbonyl (C=O) groups is 1. The lowest BCUT2D eigenvalue weighted by atomic mass is 10.2. The van der Waals surface area contributed by atoms with Crippen molar-refractivity contribution in [1.29, 1.82) is 0 Å². The van der Waals surface area contributed by atoms with Gasteiger partial charge in [-0.3, -0.25) is 4.79 Å². The molecule has 0 fully saturated rings. The molecule has 0 spiro atoms. The van der Waals surface area contributed by atoms with Crippen LogP contribution < -0.4 is 4.74 Å². The summed E-state index contributed by atoms with van der Waals surface area (Å²) in [6.45, 7) is 2.09. The summed E-state index contributed by atoms with van der Waals surface area (Å²) in [7, 11) is 0. The Bertz CT molecular complexity index is 536. The number of halogens is 1. The fourth-order valence-corrected chi connectivity index (χ4v) is 1.75. The Morgan fingerprint density at radius 3 is 2.94 bits per heavy atom. The summed E-state index contributed by atoms with van der Waals surface area (Å²) in [5, 5.41) is 3.75. The van der Waals surface area contributed by atoms with Crippen LogP contribution in [0.3, 0.4) is 0 Å². The van der Waals surface area contributed by atoms with Crippen LogP contribution in [0.15, 0.2) is 33.3 Å². The van der Waals surface area contributed by atoms with Gasteiger partial charge in [-0.2, -0.15) is 0 Å². The number of benzene rings is 1. The third kappa shape index (κ3) is 2.94. The fraction of sp³-hybridized carbons (Fsp3) is 0.167. The molecule has 17 heavy (non-hydrogen) atoms. The largest absolute Gasteiger partial charge is 0.485 e. The molecule has 1 aromatic carbocycles. The van der Waals surface area contributed by atoms with Crippen LogP contribution in [0.5, 0.6) is 5.75 Å². The highest BCUT2D eigenvalue weighted by atomic mass is 79.9. The Kier molecular flexibility index (Phi) is 3.58. The minimum Gasteiger partial charge on any atom is -0.485 e. The number of ether oxygens (including phenoxy) is 1. The molecule has 88 valence electrons. The number of rotatable bonds is 4. The van der Waals surface area contributed by atoms with Crippen molar-refractivity contribution in [3.05, 3.63) is 45.8 Å². The van der Waals surface area contributed by atoms with Crippen molar-refractivity contribution in [3.63, 3.8) is 0 Å². The Hall–Kier alpha value is -1.62. The second-order valence-electron chi connectivity index (χ2n) is 3.52. The molecule has 0 aliphatic carbocycles. The summed E-state index contributed by atoms with van der Waals surface area (Å²) in [6, 6.07) is 7.04. The summed E-state index contributed by atoms with van der Waals surface area (Å²) in [6.07, 6.45) is 0.756. The minimum absolute atomic E-state index is 0.253. The van der Waals surface area contributed by atoms with E-state index in [1.165, 1.54) is 0 Å². The molecule has 0 saturated heterocycles. The van der Waals surface area contributed by atoms with E-state index in [1.54, 1.807) is 18.2 Å². The fourth-order valence-electron chi connectivity index (χ4n) is 1.38. The van der Waals surface area contributed by atoms with Crippen molar-refractivity contribution in [2.75, 3.05) is 0 Å². The number of aromatic nitrogens is 1. The first kappa shape index (κ1) is 11.9. The van der Waals surface area contributed by atoms with Gasteiger partial charge in [0.15, 0.2) is 12.0 Å². The van der Waals surface area contributed by atoms with Crippen LogP contribution in [0.4, 0.5) is 0 Å². The zero-order chi connectivity index (χ0) is 12.3. The van der Waals surface area contributed by atoms with Crippen molar-refractivity contribution in [1.82, 2.24) is 5.16 Å². The number of hydrogen-bond acceptors (Lipinski definition) is 4. The molecule has 0 aliphatic rings. The highest BCUT2D eigenvalue weighted by Crippen LogP contribution is 2.22. The van der Waals surface area contributed by atoms with Crippen molar-refractivity contribution < 1.29 is 14.1 Å². The number of hydrogen-bond donors (Lipinski definition) is 0. The van der Waals surface area contributed by atoms with E-state index in [2.05, 4.69) is 21.1 Å². The molecule has 2 aromatic rings.